The van der Waals surface area contributed by atoms with Crippen LogP contribution < -0.4 is 28.7 Å². The van der Waals surface area contributed by atoms with E-state index in [4.69, 9.17) is 28.4 Å². The van der Waals surface area contributed by atoms with Crippen molar-refractivity contribution < 1.29 is 38.0 Å². The molecule has 0 aromatic heterocycles. The second kappa shape index (κ2) is 21.2. The number of carbonyl (C=O) groups is 2. The second-order valence-electron chi connectivity index (χ2n) is 11.0. The smallest absolute Gasteiger partial charge is 0.348 e. The van der Waals surface area contributed by atoms with E-state index in [-0.39, 0.29) is 24.4 Å². The molecular formula is C40H46N4O8. The van der Waals surface area contributed by atoms with Gasteiger partial charge < -0.3 is 38.2 Å². The number of ether oxygens (including phenoxy) is 6. The zero-order valence-corrected chi connectivity index (χ0v) is 30.6. The molecule has 3 rings (SSSR count). The number of hydrogen-bond acceptors (Lipinski definition) is 12. The molecular weight excluding hydrogens is 664 g/mol. The van der Waals surface area contributed by atoms with Gasteiger partial charge in [-0.3, -0.25) is 0 Å². The van der Waals surface area contributed by atoms with Gasteiger partial charge in [-0.15, -0.1) is 0 Å². The zero-order chi connectivity index (χ0) is 37.9. The third-order valence-electron chi connectivity index (χ3n) is 7.84. The van der Waals surface area contributed by atoms with Crippen LogP contribution in [0.3, 0.4) is 0 Å². The lowest BCUT2D eigenvalue weighted by molar-refractivity contribution is -0.138. The number of carbonyl (C=O) groups excluding carboxylic acids is 2. The van der Waals surface area contributed by atoms with Gasteiger partial charge in [0.25, 0.3) is 0 Å². The van der Waals surface area contributed by atoms with E-state index in [0.29, 0.717) is 60.4 Å². The van der Waals surface area contributed by atoms with Crippen LogP contribution >= 0.6 is 0 Å². The first-order valence-corrected chi connectivity index (χ1v) is 17.0. The third-order valence-corrected chi connectivity index (χ3v) is 7.84. The number of benzene rings is 3. The zero-order valence-electron chi connectivity index (χ0n) is 30.6. The van der Waals surface area contributed by atoms with Gasteiger partial charge in [0.05, 0.1) is 40.5 Å². The Bertz CT molecular complexity index is 1660. The van der Waals surface area contributed by atoms with Crippen LogP contribution in [0.2, 0.25) is 0 Å². The lowest BCUT2D eigenvalue weighted by Crippen LogP contribution is -2.28. The fourth-order valence-electron chi connectivity index (χ4n) is 5.15. The molecule has 0 fully saturated rings. The van der Waals surface area contributed by atoms with Gasteiger partial charge in [-0.25, -0.2) is 9.59 Å². The number of likely N-dealkylation sites (N-methyl/N-ethyl adjacent to an activating group) is 2. The molecule has 0 saturated heterocycles. The molecule has 0 bridgehead atoms. The quantitative estimate of drug-likeness (QED) is 0.0722. The summed E-state index contributed by atoms with van der Waals surface area (Å²) in [6.07, 6.45) is 2.93. The maximum absolute atomic E-state index is 12.1. The van der Waals surface area contributed by atoms with Crippen molar-refractivity contribution >= 4 is 35.5 Å². The van der Waals surface area contributed by atoms with E-state index in [1.807, 2.05) is 74.5 Å². The Hall–Kier alpha value is -6.14. The van der Waals surface area contributed by atoms with Crippen LogP contribution in [0, 0.1) is 22.7 Å². The van der Waals surface area contributed by atoms with E-state index in [0.717, 1.165) is 24.5 Å². The lowest BCUT2D eigenvalue weighted by Gasteiger charge is -2.24. The summed E-state index contributed by atoms with van der Waals surface area (Å²) in [4.78, 5) is 28.4. The molecule has 0 saturated carbocycles. The number of rotatable bonds is 20. The minimum Gasteiger partial charge on any atom is -0.496 e. The number of nitriles is 2. The minimum atomic E-state index is -0.674. The Morgan fingerprint density at radius 3 is 1.33 bits per heavy atom. The van der Waals surface area contributed by atoms with E-state index in [1.54, 1.807) is 40.2 Å². The van der Waals surface area contributed by atoms with Crippen LogP contribution in [0.15, 0.2) is 71.8 Å². The van der Waals surface area contributed by atoms with Crippen LogP contribution in [-0.4, -0.2) is 78.8 Å². The molecule has 52 heavy (non-hydrogen) atoms. The number of anilines is 2. The van der Waals surface area contributed by atoms with Crippen molar-refractivity contribution in [3.05, 3.63) is 82.9 Å². The average molecular weight is 711 g/mol. The standard InChI is InChI=1S/C40H46N4O8/c1-7-43(33-13-11-29(37(25-33)47-5)23-31(27-41)39(45)49-9-3)19-21-51-35-15-17-36(18-16-35)52-22-20-44(8-2)34-14-12-30(38(26-34)48-6)24-32(28-42)40(46)50-10-4/h11-18,23-26H,7-10,19-22H2,1-6H3. The van der Waals surface area contributed by atoms with Crippen LogP contribution in [0.4, 0.5) is 11.4 Å². The van der Waals surface area contributed by atoms with Gasteiger partial charge in [-0.05, 0) is 88.4 Å². The first-order valence-electron chi connectivity index (χ1n) is 17.0. The van der Waals surface area contributed by atoms with Gasteiger partial charge in [0, 0.05) is 47.7 Å². The molecule has 12 nitrogen and oxygen atoms in total. The highest BCUT2D eigenvalue weighted by molar-refractivity contribution is 5.99. The predicted octanol–water partition coefficient (Wildman–Crippen LogP) is 6.45. The maximum Gasteiger partial charge on any atom is 0.348 e. The monoisotopic (exact) mass is 710 g/mol. The molecule has 12 heteroatoms. The van der Waals surface area contributed by atoms with Gasteiger partial charge in [0.2, 0.25) is 0 Å². The van der Waals surface area contributed by atoms with E-state index < -0.39 is 11.9 Å². The highest BCUT2D eigenvalue weighted by Gasteiger charge is 2.15. The number of nitrogens with zero attached hydrogens (tertiary/aromatic N) is 4. The summed E-state index contributed by atoms with van der Waals surface area (Å²) in [5, 5.41) is 18.8. The second-order valence-corrected chi connectivity index (χ2v) is 11.0. The molecule has 0 heterocycles. The largest absolute Gasteiger partial charge is 0.496 e. The van der Waals surface area contributed by atoms with Crippen molar-refractivity contribution in [1.29, 1.82) is 10.5 Å². The van der Waals surface area contributed by atoms with Gasteiger partial charge in [-0.1, -0.05) is 0 Å². The summed E-state index contributed by atoms with van der Waals surface area (Å²) in [6.45, 7) is 11.4. The Morgan fingerprint density at radius 2 is 1.02 bits per heavy atom. The van der Waals surface area contributed by atoms with E-state index in [9.17, 15) is 20.1 Å². The van der Waals surface area contributed by atoms with Crippen molar-refractivity contribution in [2.45, 2.75) is 27.7 Å². The summed E-state index contributed by atoms with van der Waals surface area (Å²) < 4.78 is 33.1. The average Bonchev–Trinajstić information content (AvgIpc) is 3.17. The first kappa shape index (κ1) is 40.3. The van der Waals surface area contributed by atoms with Gasteiger partial charge in [0.15, 0.2) is 0 Å². The molecule has 0 spiro atoms. The maximum atomic E-state index is 12.1. The molecule has 0 atom stereocenters. The predicted molar refractivity (Wildman–Crippen MR) is 200 cm³/mol. The van der Waals surface area contributed by atoms with Gasteiger partial charge >= 0.3 is 11.9 Å². The summed E-state index contributed by atoms with van der Waals surface area (Å²) in [5.41, 5.74) is 2.81. The highest BCUT2D eigenvalue weighted by atomic mass is 16.5. The van der Waals surface area contributed by atoms with Crippen molar-refractivity contribution in [2.75, 3.05) is 76.6 Å². The fraction of sp³-hybridized carbons (Fsp3) is 0.350. The Kier molecular flexibility index (Phi) is 16.4. The SMILES string of the molecule is CCOC(=O)C(C#N)=Cc1ccc(N(CC)CCOc2ccc(OCCN(CC)c3ccc(C=C(C#N)C(=O)OCC)c(OC)c3)cc2)cc1OC. The van der Waals surface area contributed by atoms with Crippen LogP contribution in [0.25, 0.3) is 12.2 Å². The first-order chi connectivity index (χ1) is 25.2. The Morgan fingerprint density at radius 1 is 0.635 bits per heavy atom. The van der Waals surface area contributed by atoms with Gasteiger partial charge in [-0.2, -0.15) is 10.5 Å². The molecule has 0 unspecified atom stereocenters. The fourth-order valence-corrected chi connectivity index (χ4v) is 5.15. The molecule has 0 aliphatic rings. The normalized spacial score (nSPS) is 11.1. The van der Waals surface area contributed by atoms with Crippen molar-refractivity contribution in [1.82, 2.24) is 0 Å². The van der Waals surface area contributed by atoms with Crippen LogP contribution in [0.5, 0.6) is 23.0 Å². The topological polar surface area (TPSA) is 144 Å². The van der Waals surface area contributed by atoms with Crippen LogP contribution in [0.1, 0.15) is 38.8 Å². The Balaban J connectivity index is 1.55. The van der Waals surface area contributed by atoms with Crippen molar-refractivity contribution in [2.24, 2.45) is 0 Å². The molecule has 0 radical (unpaired) electrons. The van der Waals surface area contributed by atoms with E-state index >= 15 is 0 Å². The summed E-state index contributed by atoms with van der Waals surface area (Å²) in [5.74, 6) is 1.13. The molecule has 0 aliphatic heterocycles. The summed E-state index contributed by atoms with van der Waals surface area (Å²) >= 11 is 0. The summed E-state index contributed by atoms with van der Waals surface area (Å²) in [6, 6.07) is 22.4. The molecule has 0 N–H and O–H groups in total. The van der Waals surface area contributed by atoms with Crippen molar-refractivity contribution in [3.63, 3.8) is 0 Å². The molecule has 3 aromatic carbocycles. The van der Waals surface area contributed by atoms with E-state index in [2.05, 4.69) is 9.80 Å². The summed E-state index contributed by atoms with van der Waals surface area (Å²) in [7, 11) is 3.08. The molecule has 3 aromatic rings. The van der Waals surface area contributed by atoms with E-state index in [1.165, 1.54) is 12.2 Å². The number of methoxy groups -OCH3 is 2. The van der Waals surface area contributed by atoms with Crippen LogP contribution in [-0.2, 0) is 19.1 Å². The number of hydrogen-bond donors (Lipinski definition) is 0. The highest BCUT2D eigenvalue weighted by Crippen LogP contribution is 2.29. The third kappa shape index (κ3) is 11.5. The Labute approximate surface area is 306 Å². The lowest BCUT2D eigenvalue weighted by atomic mass is 10.1. The molecule has 0 aliphatic carbocycles. The minimum absolute atomic E-state index is 0.101. The molecule has 0 amide bonds. The van der Waals surface area contributed by atoms with Crippen molar-refractivity contribution in [3.8, 4) is 35.1 Å². The number of esters is 2. The molecule has 274 valence electrons. The van der Waals surface area contributed by atoms with Gasteiger partial charge in [0.1, 0.15) is 59.5 Å².